The summed E-state index contributed by atoms with van der Waals surface area (Å²) in [7, 11) is 0. The van der Waals surface area contributed by atoms with E-state index in [4.69, 9.17) is 5.11 Å². The van der Waals surface area contributed by atoms with Crippen LogP contribution < -0.4 is 0 Å². The van der Waals surface area contributed by atoms with Crippen molar-refractivity contribution in [3.8, 4) is 0 Å². The first-order chi connectivity index (χ1) is 3.81. The SMILES string of the molecule is C=CC(=O)OCCO.[LiH]. The van der Waals surface area contributed by atoms with E-state index in [9.17, 15) is 4.79 Å². The first-order valence-corrected chi connectivity index (χ1v) is 2.21. The van der Waals surface area contributed by atoms with E-state index in [2.05, 4.69) is 11.3 Å². The molecule has 0 spiro atoms. The van der Waals surface area contributed by atoms with E-state index >= 15 is 0 Å². The fraction of sp³-hybridized carbons (Fsp3) is 0.400. The Balaban J connectivity index is 0. The zero-order valence-corrected chi connectivity index (χ0v) is 4.46. The zero-order chi connectivity index (χ0) is 6.41. The van der Waals surface area contributed by atoms with Gasteiger partial charge in [-0.2, -0.15) is 0 Å². The maximum atomic E-state index is 10.1. The van der Waals surface area contributed by atoms with Crippen molar-refractivity contribution < 1.29 is 14.6 Å². The predicted octanol–water partition coefficient (Wildman–Crippen LogP) is -0.941. The molecule has 48 valence electrons. The third kappa shape index (κ3) is 7.77. The Labute approximate surface area is 65.9 Å². The molecule has 0 aromatic rings. The Morgan fingerprint density at radius 1 is 1.78 bits per heavy atom. The molecule has 1 N–H and O–H groups in total. The topological polar surface area (TPSA) is 46.5 Å². The number of hydrogen-bond acceptors (Lipinski definition) is 3. The van der Waals surface area contributed by atoms with Gasteiger partial charge in [-0.15, -0.1) is 0 Å². The summed E-state index contributed by atoms with van der Waals surface area (Å²) in [5.41, 5.74) is 0. The van der Waals surface area contributed by atoms with Gasteiger partial charge in [-0.1, -0.05) is 6.58 Å². The van der Waals surface area contributed by atoms with E-state index in [1.807, 2.05) is 0 Å². The van der Waals surface area contributed by atoms with Gasteiger partial charge in [0.25, 0.3) is 0 Å². The molecule has 0 bridgehead atoms. The summed E-state index contributed by atoms with van der Waals surface area (Å²) in [6.45, 7) is 3.06. The molecule has 0 fully saturated rings. The van der Waals surface area contributed by atoms with Crippen LogP contribution in [-0.4, -0.2) is 43.2 Å². The summed E-state index contributed by atoms with van der Waals surface area (Å²) in [6.07, 6.45) is 1.05. The summed E-state index contributed by atoms with van der Waals surface area (Å²) in [5.74, 6) is -0.501. The number of aliphatic hydroxyl groups excluding tert-OH is 1. The van der Waals surface area contributed by atoms with Crippen molar-refractivity contribution in [1.82, 2.24) is 0 Å². The second kappa shape index (κ2) is 7.77. The predicted molar refractivity (Wildman–Crippen MR) is 35.4 cm³/mol. The van der Waals surface area contributed by atoms with Crippen LogP contribution in [0, 0.1) is 0 Å². The average Bonchev–Trinajstić information content (AvgIpc) is 1.83. The van der Waals surface area contributed by atoms with E-state index < -0.39 is 5.97 Å². The Hall–Kier alpha value is -0.233. The Bertz CT molecular complexity index is 92.2. The van der Waals surface area contributed by atoms with Gasteiger partial charge in [0.2, 0.25) is 0 Å². The molecule has 3 nitrogen and oxygen atoms in total. The van der Waals surface area contributed by atoms with Crippen LogP contribution in [-0.2, 0) is 9.53 Å². The van der Waals surface area contributed by atoms with Crippen LogP contribution in [0.4, 0.5) is 0 Å². The van der Waals surface area contributed by atoms with Gasteiger partial charge in [0.15, 0.2) is 0 Å². The third-order valence-corrected chi connectivity index (χ3v) is 0.502. The Morgan fingerprint density at radius 2 is 2.33 bits per heavy atom. The minimum absolute atomic E-state index is 0. The number of carbonyl (C=O) groups is 1. The van der Waals surface area contributed by atoms with Crippen molar-refractivity contribution in [3.63, 3.8) is 0 Å². The van der Waals surface area contributed by atoms with Gasteiger partial charge >= 0.3 is 24.8 Å². The van der Waals surface area contributed by atoms with Crippen molar-refractivity contribution in [2.75, 3.05) is 13.2 Å². The van der Waals surface area contributed by atoms with Crippen molar-refractivity contribution in [3.05, 3.63) is 12.7 Å². The van der Waals surface area contributed by atoms with Crippen LogP contribution in [0.25, 0.3) is 0 Å². The quantitative estimate of drug-likeness (QED) is 0.300. The number of rotatable bonds is 3. The van der Waals surface area contributed by atoms with E-state index in [-0.39, 0.29) is 32.1 Å². The molecule has 0 aromatic heterocycles. The molecule has 4 heteroatoms. The summed E-state index contributed by atoms with van der Waals surface area (Å²) in [5, 5.41) is 8.10. The monoisotopic (exact) mass is 124 g/mol. The molecule has 9 heavy (non-hydrogen) atoms. The molecule has 0 aliphatic carbocycles. The van der Waals surface area contributed by atoms with Crippen molar-refractivity contribution in [2.45, 2.75) is 0 Å². The second-order valence-corrected chi connectivity index (χ2v) is 1.10. The second-order valence-electron chi connectivity index (χ2n) is 1.10. The molecule has 0 saturated carbocycles. The number of carbonyl (C=O) groups excluding carboxylic acids is 1. The molecule has 0 aliphatic heterocycles. The van der Waals surface area contributed by atoms with Crippen molar-refractivity contribution in [2.24, 2.45) is 0 Å². The van der Waals surface area contributed by atoms with Gasteiger partial charge in [-0.25, -0.2) is 4.79 Å². The Kier molecular flexibility index (Phi) is 9.97. The molecule has 0 rings (SSSR count). The first-order valence-electron chi connectivity index (χ1n) is 2.21. The van der Waals surface area contributed by atoms with Crippen LogP contribution in [0.1, 0.15) is 0 Å². The van der Waals surface area contributed by atoms with Crippen LogP contribution in [0.2, 0.25) is 0 Å². The normalized spacial score (nSPS) is 7.22. The molecule has 0 saturated heterocycles. The molecule has 0 amide bonds. The van der Waals surface area contributed by atoms with E-state index in [1.54, 1.807) is 0 Å². The van der Waals surface area contributed by atoms with Crippen LogP contribution in [0.3, 0.4) is 0 Å². The number of hydrogen-bond donors (Lipinski definition) is 1. The summed E-state index contributed by atoms with van der Waals surface area (Å²) in [4.78, 5) is 10.1. The third-order valence-electron chi connectivity index (χ3n) is 0.502. The average molecular weight is 124 g/mol. The van der Waals surface area contributed by atoms with Crippen LogP contribution >= 0.6 is 0 Å². The molecule has 0 aliphatic rings. The first kappa shape index (κ1) is 11.5. The van der Waals surface area contributed by atoms with E-state index in [0.29, 0.717) is 0 Å². The summed E-state index contributed by atoms with van der Waals surface area (Å²) < 4.78 is 4.33. The van der Waals surface area contributed by atoms with Crippen molar-refractivity contribution >= 4 is 24.8 Å². The molecule has 0 radical (unpaired) electrons. The van der Waals surface area contributed by atoms with E-state index in [1.165, 1.54) is 0 Å². The van der Waals surface area contributed by atoms with Gasteiger partial charge in [-0.05, 0) is 0 Å². The van der Waals surface area contributed by atoms with Gasteiger partial charge in [0.1, 0.15) is 6.61 Å². The summed E-state index contributed by atoms with van der Waals surface area (Å²) >= 11 is 0. The number of aliphatic hydroxyl groups is 1. The van der Waals surface area contributed by atoms with Crippen LogP contribution in [0.15, 0.2) is 12.7 Å². The minimum atomic E-state index is -0.501. The maximum absolute atomic E-state index is 10.1. The van der Waals surface area contributed by atoms with Gasteiger partial charge in [-0.3, -0.25) is 0 Å². The van der Waals surface area contributed by atoms with E-state index in [0.717, 1.165) is 6.08 Å². The standard InChI is InChI=1S/C5H8O3.Li.H/c1-2-5(7)8-4-3-6;;/h2,6H,1,3-4H2;;. The molecule has 0 heterocycles. The molecule has 0 unspecified atom stereocenters. The summed E-state index contributed by atoms with van der Waals surface area (Å²) in [6, 6.07) is 0. The molecular weight excluding hydrogens is 115 g/mol. The van der Waals surface area contributed by atoms with Crippen LogP contribution in [0.5, 0.6) is 0 Å². The number of ether oxygens (including phenoxy) is 1. The van der Waals surface area contributed by atoms with Gasteiger partial charge in [0, 0.05) is 6.08 Å². The fourth-order valence-electron chi connectivity index (χ4n) is 0.205. The van der Waals surface area contributed by atoms with Crippen molar-refractivity contribution in [1.29, 1.82) is 0 Å². The van der Waals surface area contributed by atoms with Gasteiger partial charge in [0.05, 0.1) is 6.61 Å². The molecule has 0 atom stereocenters. The zero-order valence-electron chi connectivity index (χ0n) is 4.46. The van der Waals surface area contributed by atoms with Gasteiger partial charge < -0.3 is 9.84 Å². The number of esters is 1. The Morgan fingerprint density at radius 3 is 2.67 bits per heavy atom. The molecule has 0 aromatic carbocycles. The molecular formula is C5H9LiO3. The fourth-order valence-corrected chi connectivity index (χ4v) is 0.205.